The first-order valence-electron chi connectivity index (χ1n) is 3.51. The monoisotopic (exact) mass is 148 g/mol. The van der Waals surface area contributed by atoms with Crippen LogP contribution in [0.3, 0.4) is 0 Å². The van der Waals surface area contributed by atoms with E-state index in [0.717, 1.165) is 12.8 Å². The molecule has 0 saturated heterocycles. The van der Waals surface area contributed by atoms with Crippen molar-refractivity contribution in [1.82, 2.24) is 0 Å². The highest BCUT2D eigenvalue weighted by Crippen LogP contribution is 2.14. The highest BCUT2D eigenvalue weighted by atomic mass is 16.8. The Morgan fingerprint density at radius 1 is 1.30 bits per heavy atom. The standard InChI is InChI=1S/C7H16O3/c1-4-5-6-7(8,9-2)10-3/h8H,4-6H2,1-3H3. The van der Waals surface area contributed by atoms with Gasteiger partial charge in [0.2, 0.25) is 0 Å². The predicted octanol–water partition coefficient (Wildman–Crippen LogP) is 1.12. The number of hydrogen-bond donors (Lipinski definition) is 1. The summed E-state index contributed by atoms with van der Waals surface area (Å²) >= 11 is 0. The highest BCUT2D eigenvalue weighted by molar-refractivity contribution is 4.51. The Kier molecular flexibility index (Phi) is 4.60. The van der Waals surface area contributed by atoms with E-state index >= 15 is 0 Å². The number of unbranched alkanes of at least 4 members (excludes halogenated alkanes) is 1. The lowest BCUT2D eigenvalue weighted by atomic mass is 10.2. The molecule has 0 fully saturated rings. The maximum atomic E-state index is 9.32. The van der Waals surface area contributed by atoms with E-state index in [0.29, 0.717) is 6.42 Å². The first-order valence-corrected chi connectivity index (χ1v) is 3.51. The van der Waals surface area contributed by atoms with Crippen LogP contribution in [0.5, 0.6) is 0 Å². The maximum absolute atomic E-state index is 9.32. The van der Waals surface area contributed by atoms with E-state index in [1.807, 2.05) is 6.92 Å². The van der Waals surface area contributed by atoms with Crippen LogP contribution in [-0.2, 0) is 9.47 Å². The zero-order valence-corrected chi connectivity index (χ0v) is 6.89. The van der Waals surface area contributed by atoms with Crippen molar-refractivity contribution >= 4 is 0 Å². The molecule has 0 aliphatic carbocycles. The normalized spacial score (nSPS) is 12.0. The van der Waals surface area contributed by atoms with Gasteiger partial charge < -0.3 is 14.6 Å². The van der Waals surface area contributed by atoms with Gasteiger partial charge >= 0.3 is 0 Å². The third-order valence-electron chi connectivity index (χ3n) is 1.48. The van der Waals surface area contributed by atoms with Crippen LogP contribution in [0.4, 0.5) is 0 Å². The van der Waals surface area contributed by atoms with Crippen molar-refractivity contribution in [2.24, 2.45) is 0 Å². The molecule has 0 aromatic heterocycles. The third-order valence-corrected chi connectivity index (χ3v) is 1.48. The zero-order valence-electron chi connectivity index (χ0n) is 6.89. The molecule has 1 N–H and O–H groups in total. The van der Waals surface area contributed by atoms with E-state index in [1.54, 1.807) is 0 Å². The summed E-state index contributed by atoms with van der Waals surface area (Å²) in [6.07, 6.45) is 2.45. The van der Waals surface area contributed by atoms with Crippen LogP contribution in [0.25, 0.3) is 0 Å². The van der Waals surface area contributed by atoms with Crippen molar-refractivity contribution < 1.29 is 14.6 Å². The Hall–Kier alpha value is -0.120. The second kappa shape index (κ2) is 4.66. The maximum Gasteiger partial charge on any atom is 0.279 e. The number of methoxy groups -OCH3 is 2. The van der Waals surface area contributed by atoms with Gasteiger partial charge in [0.1, 0.15) is 0 Å². The summed E-state index contributed by atoms with van der Waals surface area (Å²) in [5.74, 6) is -1.37. The van der Waals surface area contributed by atoms with Gasteiger partial charge in [0.05, 0.1) is 0 Å². The fourth-order valence-electron chi connectivity index (χ4n) is 0.688. The van der Waals surface area contributed by atoms with Crippen LogP contribution in [0, 0.1) is 0 Å². The molecule has 0 aliphatic rings. The summed E-state index contributed by atoms with van der Waals surface area (Å²) in [5, 5.41) is 9.32. The zero-order chi connectivity index (χ0) is 8.04. The van der Waals surface area contributed by atoms with Crippen LogP contribution in [0.15, 0.2) is 0 Å². The fraction of sp³-hybridized carbons (Fsp3) is 1.00. The number of rotatable bonds is 5. The quantitative estimate of drug-likeness (QED) is 0.594. The second-order valence-electron chi connectivity index (χ2n) is 2.22. The van der Waals surface area contributed by atoms with Gasteiger partial charge in [0.25, 0.3) is 5.97 Å². The molecule has 3 heteroatoms. The van der Waals surface area contributed by atoms with Crippen molar-refractivity contribution in [3.8, 4) is 0 Å². The lowest BCUT2D eigenvalue weighted by Gasteiger charge is -2.23. The molecule has 0 amide bonds. The number of hydrogen-bond acceptors (Lipinski definition) is 3. The van der Waals surface area contributed by atoms with Gasteiger partial charge in [-0.05, 0) is 6.42 Å². The molecule has 0 aromatic carbocycles. The van der Waals surface area contributed by atoms with Crippen molar-refractivity contribution in [3.63, 3.8) is 0 Å². The topological polar surface area (TPSA) is 38.7 Å². The van der Waals surface area contributed by atoms with Gasteiger partial charge in [-0.25, -0.2) is 0 Å². The molecule has 3 nitrogen and oxygen atoms in total. The minimum absolute atomic E-state index is 0.524. The second-order valence-corrected chi connectivity index (χ2v) is 2.22. The van der Waals surface area contributed by atoms with Crippen LogP contribution in [0.2, 0.25) is 0 Å². The summed E-state index contributed by atoms with van der Waals surface area (Å²) in [4.78, 5) is 0. The van der Waals surface area contributed by atoms with Crippen LogP contribution < -0.4 is 0 Å². The highest BCUT2D eigenvalue weighted by Gasteiger charge is 2.24. The lowest BCUT2D eigenvalue weighted by Crippen LogP contribution is -2.32. The van der Waals surface area contributed by atoms with E-state index < -0.39 is 5.97 Å². The molecule has 0 aromatic rings. The molecule has 10 heavy (non-hydrogen) atoms. The molecule has 0 radical (unpaired) electrons. The fourth-order valence-corrected chi connectivity index (χ4v) is 0.688. The average molecular weight is 148 g/mol. The van der Waals surface area contributed by atoms with E-state index in [1.165, 1.54) is 14.2 Å². The van der Waals surface area contributed by atoms with Gasteiger partial charge in [0, 0.05) is 20.6 Å². The molecular formula is C7H16O3. The first-order chi connectivity index (χ1) is 4.68. The van der Waals surface area contributed by atoms with Gasteiger partial charge in [-0.15, -0.1) is 0 Å². The molecule has 0 saturated carbocycles. The summed E-state index contributed by atoms with van der Waals surface area (Å²) < 4.78 is 9.44. The minimum Gasteiger partial charge on any atom is -0.343 e. The molecule has 0 unspecified atom stereocenters. The summed E-state index contributed by atoms with van der Waals surface area (Å²) in [7, 11) is 2.86. The van der Waals surface area contributed by atoms with E-state index in [-0.39, 0.29) is 0 Å². The average Bonchev–Trinajstić information content (AvgIpc) is 2.00. The smallest absolute Gasteiger partial charge is 0.279 e. The third kappa shape index (κ3) is 3.15. The summed E-state index contributed by atoms with van der Waals surface area (Å²) in [6.45, 7) is 2.05. The van der Waals surface area contributed by atoms with Crippen molar-refractivity contribution in [2.45, 2.75) is 32.2 Å². The van der Waals surface area contributed by atoms with E-state index in [9.17, 15) is 5.11 Å². The molecule has 0 aliphatic heterocycles. The SMILES string of the molecule is CCCCC(O)(OC)OC. The van der Waals surface area contributed by atoms with Crippen molar-refractivity contribution in [3.05, 3.63) is 0 Å². The number of ether oxygens (including phenoxy) is 2. The molecular weight excluding hydrogens is 132 g/mol. The van der Waals surface area contributed by atoms with Crippen LogP contribution in [-0.4, -0.2) is 25.3 Å². The van der Waals surface area contributed by atoms with Gasteiger partial charge in [0.15, 0.2) is 0 Å². The lowest BCUT2D eigenvalue weighted by molar-refractivity contribution is -0.342. The summed E-state index contributed by atoms with van der Waals surface area (Å²) in [5.41, 5.74) is 0. The van der Waals surface area contributed by atoms with Crippen LogP contribution >= 0.6 is 0 Å². The summed E-state index contributed by atoms with van der Waals surface area (Å²) in [6, 6.07) is 0. The predicted molar refractivity (Wildman–Crippen MR) is 38.5 cm³/mol. The van der Waals surface area contributed by atoms with Gasteiger partial charge in [-0.3, -0.25) is 0 Å². The van der Waals surface area contributed by atoms with E-state index in [4.69, 9.17) is 9.47 Å². The molecule has 0 spiro atoms. The van der Waals surface area contributed by atoms with E-state index in [2.05, 4.69) is 0 Å². The Bertz CT molecular complexity index is 78.9. The van der Waals surface area contributed by atoms with Crippen molar-refractivity contribution in [1.29, 1.82) is 0 Å². The molecule has 0 heterocycles. The van der Waals surface area contributed by atoms with Crippen molar-refractivity contribution in [2.75, 3.05) is 14.2 Å². The molecule has 0 atom stereocenters. The van der Waals surface area contributed by atoms with Gasteiger partial charge in [-0.2, -0.15) is 0 Å². The number of aliphatic hydroxyl groups is 1. The molecule has 0 bridgehead atoms. The van der Waals surface area contributed by atoms with Gasteiger partial charge in [-0.1, -0.05) is 13.3 Å². The Balaban J connectivity index is 3.58. The largest absolute Gasteiger partial charge is 0.343 e. The Morgan fingerprint density at radius 2 is 1.80 bits per heavy atom. The minimum atomic E-state index is -1.37. The van der Waals surface area contributed by atoms with Crippen LogP contribution in [0.1, 0.15) is 26.2 Å². The first kappa shape index (κ1) is 9.88. The molecule has 62 valence electrons. The molecule has 0 rings (SSSR count). The Morgan fingerprint density at radius 3 is 2.10 bits per heavy atom. The Labute approximate surface area is 62.0 Å².